The van der Waals surface area contributed by atoms with Crippen molar-refractivity contribution in [2.75, 3.05) is 19.6 Å². The van der Waals surface area contributed by atoms with Crippen LogP contribution in [0.5, 0.6) is 0 Å². The summed E-state index contributed by atoms with van der Waals surface area (Å²) in [7, 11) is 0. The zero-order valence-corrected chi connectivity index (χ0v) is 13.4. The summed E-state index contributed by atoms with van der Waals surface area (Å²) in [5, 5.41) is 3.28. The second-order valence-corrected chi connectivity index (χ2v) is 7.89. The smallest absolute Gasteiger partial charge is 0.261 e. The van der Waals surface area contributed by atoms with Crippen LogP contribution in [0.4, 0.5) is 0 Å². The lowest BCUT2D eigenvalue weighted by atomic mass is 9.65. The highest BCUT2D eigenvalue weighted by molar-refractivity contribution is 7.17. The van der Waals surface area contributed by atoms with Crippen molar-refractivity contribution in [3.63, 3.8) is 0 Å². The van der Waals surface area contributed by atoms with Crippen LogP contribution in [0, 0.1) is 17.8 Å². The molecule has 1 amide bonds. The van der Waals surface area contributed by atoms with Crippen LogP contribution in [-0.4, -0.2) is 36.5 Å². The van der Waals surface area contributed by atoms with Crippen molar-refractivity contribution in [3.05, 3.63) is 21.3 Å². The summed E-state index contributed by atoms with van der Waals surface area (Å²) in [6.07, 6.45) is 2.59. The van der Waals surface area contributed by atoms with E-state index in [-0.39, 0.29) is 18.3 Å². The molecule has 20 heavy (non-hydrogen) atoms. The second kappa shape index (κ2) is 5.48. The summed E-state index contributed by atoms with van der Waals surface area (Å²) < 4.78 is 0.682. The van der Waals surface area contributed by atoms with Gasteiger partial charge >= 0.3 is 0 Å². The highest BCUT2D eigenvalue weighted by Gasteiger charge is 2.47. The van der Waals surface area contributed by atoms with E-state index in [1.807, 2.05) is 6.07 Å². The standard InChI is InChI=1S/C14H17ClN2OS.ClH/c15-12-2-1-11(19-12)14(18)16-13-9-3-8-4-10(13)7-17(5-8)6-9;/h1-2,8-10,13H,3-7H2,(H,16,18);1H. The van der Waals surface area contributed by atoms with E-state index in [9.17, 15) is 4.79 Å². The van der Waals surface area contributed by atoms with Gasteiger partial charge in [0, 0.05) is 25.7 Å². The van der Waals surface area contributed by atoms with E-state index >= 15 is 0 Å². The molecule has 3 saturated heterocycles. The molecule has 1 aromatic rings. The Labute approximate surface area is 134 Å². The Morgan fingerprint density at radius 3 is 2.50 bits per heavy atom. The molecular weight excluding hydrogens is 315 g/mol. The molecule has 1 N–H and O–H groups in total. The fourth-order valence-electron chi connectivity index (χ4n) is 4.30. The molecule has 3 aliphatic heterocycles. The molecule has 1 aliphatic carbocycles. The molecule has 4 fully saturated rings. The van der Waals surface area contributed by atoms with Gasteiger partial charge in [-0.3, -0.25) is 4.79 Å². The van der Waals surface area contributed by atoms with Crippen LogP contribution in [0.25, 0.3) is 0 Å². The highest BCUT2D eigenvalue weighted by atomic mass is 35.5. The molecule has 6 heteroatoms. The van der Waals surface area contributed by atoms with E-state index in [0.29, 0.717) is 22.2 Å². The van der Waals surface area contributed by atoms with Gasteiger partial charge in [0.2, 0.25) is 0 Å². The lowest BCUT2D eigenvalue weighted by Crippen LogP contribution is -2.64. The van der Waals surface area contributed by atoms with Crippen LogP contribution in [0.15, 0.2) is 12.1 Å². The quantitative estimate of drug-likeness (QED) is 0.903. The number of hydrogen-bond acceptors (Lipinski definition) is 3. The van der Waals surface area contributed by atoms with Crippen LogP contribution in [-0.2, 0) is 0 Å². The Morgan fingerprint density at radius 2 is 1.95 bits per heavy atom. The third-order valence-corrected chi connectivity index (χ3v) is 6.11. The molecular formula is C14H18Cl2N2OS. The molecule has 1 aromatic heterocycles. The van der Waals surface area contributed by atoms with Crippen LogP contribution < -0.4 is 5.32 Å². The fraction of sp³-hybridized carbons (Fsp3) is 0.643. The maximum absolute atomic E-state index is 12.3. The van der Waals surface area contributed by atoms with E-state index in [4.69, 9.17) is 11.6 Å². The molecule has 0 spiro atoms. The number of nitrogens with one attached hydrogen (secondary N) is 1. The van der Waals surface area contributed by atoms with E-state index in [2.05, 4.69) is 10.2 Å². The first-order valence-electron chi connectivity index (χ1n) is 6.97. The van der Waals surface area contributed by atoms with Gasteiger partial charge in [0.05, 0.1) is 9.21 Å². The van der Waals surface area contributed by atoms with E-state index in [1.165, 1.54) is 43.8 Å². The minimum Gasteiger partial charge on any atom is -0.348 e. The summed E-state index contributed by atoms with van der Waals surface area (Å²) in [6, 6.07) is 3.99. The molecule has 1 saturated carbocycles. The summed E-state index contributed by atoms with van der Waals surface area (Å²) in [5.74, 6) is 2.25. The van der Waals surface area contributed by atoms with Crippen molar-refractivity contribution < 1.29 is 4.79 Å². The third-order valence-electron chi connectivity index (χ3n) is 4.88. The van der Waals surface area contributed by atoms with Crippen molar-refractivity contribution in [1.29, 1.82) is 0 Å². The number of nitrogens with zero attached hydrogens (tertiary/aromatic N) is 1. The SMILES string of the molecule is Cl.O=C(NC1C2CC3CC1CN(C3)C2)c1ccc(Cl)s1. The highest BCUT2D eigenvalue weighted by Crippen LogP contribution is 2.43. The van der Waals surface area contributed by atoms with Gasteiger partial charge in [-0.1, -0.05) is 11.6 Å². The molecule has 5 rings (SSSR count). The average Bonchev–Trinajstić information content (AvgIpc) is 2.79. The normalized spacial score (nSPS) is 37.5. The topological polar surface area (TPSA) is 32.3 Å². The number of rotatable bonds is 2. The number of thiophene rings is 1. The number of carbonyl (C=O) groups is 1. The van der Waals surface area contributed by atoms with Crippen molar-refractivity contribution in [2.45, 2.75) is 18.9 Å². The fourth-order valence-corrected chi connectivity index (χ4v) is 5.25. The maximum Gasteiger partial charge on any atom is 0.261 e. The van der Waals surface area contributed by atoms with Gasteiger partial charge in [-0.05, 0) is 42.7 Å². The molecule has 3 nitrogen and oxygen atoms in total. The summed E-state index contributed by atoms with van der Waals surface area (Å²) in [6.45, 7) is 3.63. The zero-order chi connectivity index (χ0) is 13.0. The number of piperidine rings is 3. The Morgan fingerprint density at radius 1 is 1.25 bits per heavy atom. The van der Waals surface area contributed by atoms with Crippen LogP contribution in [0.2, 0.25) is 4.34 Å². The van der Waals surface area contributed by atoms with Crippen LogP contribution in [0.1, 0.15) is 22.5 Å². The van der Waals surface area contributed by atoms with Gasteiger partial charge in [-0.15, -0.1) is 23.7 Å². The predicted octanol–water partition coefficient (Wildman–Crippen LogP) is 2.89. The lowest BCUT2D eigenvalue weighted by molar-refractivity contribution is -0.0418. The number of halogens is 2. The van der Waals surface area contributed by atoms with Gasteiger partial charge < -0.3 is 10.2 Å². The minimum atomic E-state index is 0. The first-order chi connectivity index (χ1) is 9.19. The summed E-state index contributed by atoms with van der Waals surface area (Å²) in [5.41, 5.74) is 0. The Balaban J connectivity index is 0.00000121. The first-order valence-corrected chi connectivity index (χ1v) is 8.17. The molecule has 2 unspecified atom stereocenters. The Kier molecular flexibility index (Phi) is 4.01. The number of hydrogen-bond donors (Lipinski definition) is 1. The number of amides is 1. The maximum atomic E-state index is 12.3. The zero-order valence-electron chi connectivity index (χ0n) is 11.0. The van der Waals surface area contributed by atoms with Gasteiger partial charge in [0.15, 0.2) is 0 Å². The summed E-state index contributed by atoms with van der Waals surface area (Å²) in [4.78, 5) is 15.6. The largest absolute Gasteiger partial charge is 0.348 e. The molecule has 4 heterocycles. The van der Waals surface area contributed by atoms with Gasteiger partial charge in [0.1, 0.15) is 0 Å². The molecule has 110 valence electrons. The second-order valence-electron chi connectivity index (χ2n) is 6.18. The van der Waals surface area contributed by atoms with E-state index in [0.717, 1.165) is 10.8 Å². The Bertz CT molecular complexity index is 491. The number of carbonyl (C=O) groups excluding carboxylic acids is 1. The molecule has 0 aromatic carbocycles. The van der Waals surface area contributed by atoms with Gasteiger partial charge in [-0.2, -0.15) is 0 Å². The molecule has 4 bridgehead atoms. The van der Waals surface area contributed by atoms with Gasteiger partial charge in [0.25, 0.3) is 5.91 Å². The summed E-state index contributed by atoms with van der Waals surface area (Å²) >= 11 is 7.26. The van der Waals surface area contributed by atoms with Crippen molar-refractivity contribution in [3.8, 4) is 0 Å². The Hall–Kier alpha value is -0.290. The third kappa shape index (κ3) is 2.47. The van der Waals surface area contributed by atoms with E-state index in [1.54, 1.807) is 6.07 Å². The van der Waals surface area contributed by atoms with Crippen LogP contribution in [0.3, 0.4) is 0 Å². The van der Waals surface area contributed by atoms with Crippen LogP contribution >= 0.6 is 35.3 Å². The first kappa shape index (κ1) is 14.6. The van der Waals surface area contributed by atoms with Gasteiger partial charge in [-0.25, -0.2) is 0 Å². The molecule has 2 atom stereocenters. The molecule has 4 aliphatic rings. The lowest BCUT2D eigenvalue weighted by Gasteiger charge is -2.55. The average molecular weight is 333 g/mol. The predicted molar refractivity (Wildman–Crippen MR) is 84.0 cm³/mol. The van der Waals surface area contributed by atoms with Crippen molar-refractivity contribution in [1.82, 2.24) is 10.2 Å². The van der Waals surface area contributed by atoms with Crippen molar-refractivity contribution >= 4 is 41.3 Å². The van der Waals surface area contributed by atoms with Crippen molar-refractivity contribution in [2.24, 2.45) is 17.8 Å². The van der Waals surface area contributed by atoms with E-state index < -0.39 is 0 Å². The minimum absolute atomic E-state index is 0. The monoisotopic (exact) mass is 332 g/mol. The molecule has 0 radical (unpaired) electrons.